The van der Waals surface area contributed by atoms with Gasteiger partial charge >= 0.3 is 0 Å². The van der Waals surface area contributed by atoms with Crippen LogP contribution in [0.4, 0.5) is 8.78 Å². The maximum absolute atomic E-state index is 12.8. The van der Waals surface area contributed by atoms with E-state index in [1.807, 2.05) is 0 Å². The number of rotatable bonds is 1. The van der Waals surface area contributed by atoms with Crippen molar-refractivity contribution in [2.75, 3.05) is 0 Å². The molecule has 0 heterocycles. The van der Waals surface area contributed by atoms with Crippen LogP contribution in [-0.2, 0) is 0 Å². The van der Waals surface area contributed by atoms with E-state index < -0.39 is 17.8 Å². The van der Waals surface area contributed by atoms with Gasteiger partial charge in [0.25, 0.3) is 5.92 Å². The van der Waals surface area contributed by atoms with Crippen molar-refractivity contribution >= 4 is 5.84 Å². The van der Waals surface area contributed by atoms with Gasteiger partial charge in [0.1, 0.15) is 0 Å². The Morgan fingerprint density at radius 3 is 2.50 bits per heavy atom. The van der Waals surface area contributed by atoms with Crippen molar-refractivity contribution in [3.05, 3.63) is 0 Å². The predicted molar refractivity (Wildman–Crippen MR) is 41.2 cm³/mol. The minimum atomic E-state index is -2.44. The molecular formula is C8H12F2N2. The molecule has 4 heteroatoms. The fraction of sp³-hybridized carbons (Fsp3) is 0.875. The summed E-state index contributed by atoms with van der Waals surface area (Å²) < 4.78 is 25.7. The highest BCUT2D eigenvalue weighted by Crippen LogP contribution is 2.63. The molecule has 2 fully saturated rings. The van der Waals surface area contributed by atoms with Crippen molar-refractivity contribution < 1.29 is 8.78 Å². The van der Waals surface area contributed by atoms with E-state index in [0.717, 1.165) is 0 Å². The van der Waals surface area contributed by atoms with Gasteiger partial charge in [-0.05, 0) is 19.3 Å². The van der Waals surface area contributed by atoms with Gasteiger partial charge in [0.2, 0.25) is 0 Å². The largest absolute Gasteiger partial charge is 0.387 e. The maximum atomic E-state index is 12.8. The molecule has 0 aromatic heterocycles. The molecule has 2 rings (SSSR count). The Labute approximate surface area is 69.6 Å². The minimum Gasteiger partial charge on any atom is -0.387 e. The lowest BCUT2D eigenvalue weighted by atomic mass is 9.89. The third-order valence-electron chi connectivity index (χ3n) is 3.17. The van der Waals surface area contributed by atoms with Crippen molar-refractivity contribution in [1.82, 2.24) is 0 Å². The second kappa shape index (κ2) is 2.18. The van der Waals surface area contributed by atoms with Crippen LogP contribution >= 0.6 is 0 Å². The van der Waals surface area contributed by atoms with E-state index in [-0.39, 0.29) is 11.8 Å². The smallest absolute Gasteiger partial charge is 0.254 e. The first-order valence-corrected chi connectivity index (χ1v) is 4.25. The van der Waals surface area contributed by atoms with Gasteiger partial charge in [0, 0.05) is 17.8 Å². The van der Waals surface area contributed by atoms with Gasteiger partial charge in [-0.3, -0.25) is 5.41 Å². The summed E-state index contributed by atoms with van der Waals surface area (Å²) in [4.78, 5) is 0. The second-order valence-corrected chi connectivity index (χ2v) is 3.85. The highest BCUT2D eigenvalue weighted by Gasteiger charge is 2.68. The number of hydrogen-bond donors (Lipinski definition) is 2. The Morgan fingerprint density at radius 2 is 2.00 bits per heavy atom. The molecule has 0 amide bonds. The number of nitrogens with two attached hydrogens (primary N) is 1. The van der Waals surface area contributed by atoms with Gasteiger partial charge < -0.3 is 5.73 Å². The quantitative estimate of drug-likeness (QED) is 0.460. The maximum Gasteiger partial charge on any atom is 0.254 e. The van der Waals surface area contributed by atoms with Gasteiger partial charge in [-0.1, -0.05) is 0 Å². The van der Waals surface area contributed by atoms with E-state index >= 15 is 0 Å². The molecule has 68 valence electrons. The number of hydrogen-bond acceptors (Lipinski definition) is 1. The van der Waals surface area contributed by atoms with Crippen LogP contribution in [0.2, 0.25) is 0 Å². The van der Waals surface area contributed by atoms with E-state index in [4.69, 9.17) is 11.1 Å². The van der Waals surface area contributed by atoms with E-state index in [0.29, 0.717) is 19.3 Å². The summed E-state index contributed by atoms with van der Waals surface area (Å²) in [6, 6.07) is 0. The second-order valence-electron chi connectivity index (χ2n) is 3.85. The summed E-state index contributed by atoms with van der Waals surface area (Å²) >= 11 is 0. The summed E-state index contributed by atoms with van der Waals surface area (Å²) in [5.41, 5.74) is 5.27. The zero-order chi connectivity index (χ0) is 8.93. The number of nitrogens with one attached hydrogen (secondary N) is 1. The Balaban J connectivity index is 2.01. The van der Waals surface area contributed by atoms with E-state index in [1.165, 1.54) is 0 Å². The average Bonchev–Trinajstić information content (AvgIpc) is 2.55. The highest BCUT2D eigenvalue weighted by atomic mass is 19.3. The van der Waals surface area contributed by atoms with Crippen LogP contribution in [-0.4, -0.2) is 11.8 Å². The molecule has 2 aliphatic carbocycles. The first kappa shape index (κ1) is 7.95. The van der Waals surface area contributed by atoms with Crippen LogP contribution < -0.4 is 5.73 Å². The molecule has 0 aromatic carbocycles. The molecule has 3 N–H and O–H groups in total. The highest BCUT2D eigenvalue weighted by molar-refractivity contribution is 5.79. The topological polar surface area (TPSA) is 49.9 Å². The lowest BCUT2D eigenvalue weighted by Gasteiger charge is -2.17. The van der Waals surface area contributed by atoms with Crippen molar-refractivity contribution in [2.24, 2.45) is 23.5 Å². The van der Waals surface area contributed by atoms with Crippen LogP contribution in [0.15, 0.2) is 0 Å². The molecule has 0 radical (unpaired) electrons. The van der Waals surface area contributed by atoms with E-state index in [2.05, 4.69) is 0 Å². The summed E-state index contributed by atoms with van der Waals surface area (Å²) in [5, 5.41) is 7.16. The third-order valence-corrected chi connectivity index (χ3v) is 3.17. The van der Waals surface area contributed by atoms with Gasteiger partial charge in [-0.15, -0.1) is 0 Å². The minimum absolute atomic E-state index is 0.0798. The number of alkyl halides is 2. The van der Waals surface area contributed by atoms with Crippen molar-refractivity contribution in [2.45, 2.75) is 25.2 Å². The molecular weight excluding hydrogens is 162 g/mol. The normalized spacial score (nSPS) is 43.3. The monoisotopic (exact) mass is 174 g/mol. The van der Waals surface area contributed by atoms with Crippen LogP contribution in [0, 0.1) is 23.2 Å². The molecule has 2 saturated carbocycles. The zero-order valence-corrected chi connectivity index (χ0v) is 6.69. The first-order chi connectivity index (χ1) is 5.53. The van der Waals surface area contributed by atoms with E-state index in [1.54, 1.807) is 0 Å². The standard InChI is InChI=1S/C8H12F2N2/c9-8(10)5-2-1-4(7(11)12)3-6(5)8/h4-6H,1-3H2,(H3,11,12). The summed E-state index contributed by atoms with van der Waals surface area (Å²) in [6.07, 6.45) is 1.64. The van der Waals surface area contributed by atoms with Gasteiger partial charge in [-0.2, -0.15) is 0 Å². The number of fused-ring (bicyclic) bond motifs is 1. The molecule has 0 saturated heterocycles. The first-order valence-electron chi connectivity index (χ1n) is 4.25. The third kappa shape index (κ3) is 0.934. The van der Waals surface area contributed by atoms with Gasteiger partial charge in [0.05, 0.1) is 5.84 Å². The summed E-state index contributed by atoms with van der Waals surface area (Å²) in [7, 11) is 0. The molecule has 3 atom stereocenters. The molecule has 2 nitrogen and oxygen atoms in total. The number of amidine groups is 1. The zero-order valence-electron chi connectivity index (χ0n) is 6.69. The Bertz CT molecular complexity index is 227. The van der Waals surface area contributed by atoms with Crippen molar-refractivity contribution in [3.8, 4) is 0 Å². The molecule has 3 unspecified atom stereocenters. The molecule has 0 bridgehead atoms. The fourth-order valence-corrected chi connectivity index (χ4v) is 2.26. The van der Waals surface area contributed by atoms with Crippen LogP contribution in [0.3, 0.4) is 0 Å². The Kier molecular flexibility index (Phi) is 1.44. The Hall–Kier alpha value is -0.670. The van der Waals surface area contributed by atoms with Crippen LogP contribution in [0.25, 0.3) is 0 Å². The molecule has 2 aliphatic rings. The van der Waals surface area contributed by atoms with Crippen LogP contribution in [0.5, 0.6) is 0 Å². The van der Waals surface area contributed by atoms with Crippen molar-refractivity contribution in [3.63, 3.8) is 0 Å². The molecule has 12 heavy (non-hydrogen) atoms. The number of halogens is 2. The van der Waals surface area contributed by atoms with Crippen molar-refractivity contribution in [1.29, 1.82) is 5.41 Å². The summed E-state index contributed by atoms with van der Waals surface area (Å²) in [6.45, 7) is 0. The van der Waals surface area contributed by atoms with Crippen LogP contribution in [0.1, 0.15) is 19.3 Å². The summed E-state index contributed by atoms with van der Waals surface area (Å²) in [5.74, 6) is -3.31. The fourth-order valence-electron chi connectivity index (χ4n) is 2.26. The molecule has 0 spiro atoms. The SMILES string of the molecule is N=C(N)C1CCC2C(C1)C2(F)F. The van der Waals surface area contributed by atoms with E-state index in [9.17, 15) is 8.78 Å². The Morgan fingerprint density at radius 1 is 1.33 bits per heavy atom. The lowest BCUT2D eigenvalue weighted by Crippen LogP contribution is -2.25. The average molecular weight is 174 g/mol. The van der Waals surface area contributed by atoms with Gasteiger partial charge in [0.15, 0.2) is 0 Å². The van der Waals surface area contributed by atoms with Gasteiger partial charge in [-0.25, -0.2) is 8.78 Å². The molecule has 0 aliphatic heterocycles. The predicted octanol–water partition coefficient (Wildman–Crippen LogP) is 1.60. The lowest BCUT2D eigenvalue weighted by molar-refractivity contribution is 0.0847. The molecule has 0 aromatic rings.